The zero-order valence-corrected chi connectivity index (χ0v) is 12.2. The van der Waals surface area contributed by atoms with Crippen LogP contribution < -0.4 is 5.32 Å². The number of aryl methyl sites for hydroxylation is 1. The van der Waals surface area contributed by atoms with Gasteiger partial charge in [-0.1, -0.05) is 0 Å². The molecule has 0 aliphatic carbocycles. The summed E-state index contributed by atoms with van der Waals surface area (Å²) >= 11 is 1.24. The molecule has 1 amide bonds. The molecule has 0 aromatic carbocycles. The summed E-state index contributed by atoms with van der Waals surface area (Å²) in [4.78, 5) is 27.7. The highest BCUT2D eigenvalue weighted by atomic mass is 32.1. The molecule has 0 saturated heterocycles. The Kier molecular flexibility index (Phi) is 4.84. The standard InChI is InChI=1S/C15H14N2O3S/c1-10-6-7-16-8-11(10)9-17-15(20)13-4-2-12(21-13)3-5-14(18)19/h2-8H,9H2,1H3,(H,17,20)(H,18,19)/b5-3+. The molecule has 2 rings (SSSR count). The minimum atomic E-state index is -1.01. The van der Waals surface area contributed by atoms with E-state index in [0.29, 0.717) is 11.4 Å². The predicted molar refractivity (Wildman–Crippen MR) is 81.1 cm³/mol. The first-order valence-electron chi connectivity index (χ1n) is 6.25. The zero-order chi connectivity index (χ0) is 15.2. The first-order chi connectivity index (χ1) is 10.1. The molecule has 0 unspecified atom stereocenters. The quantitative estimate of drug-likeness (QED) is 0.832. The van der Waals surface area contributed by atoms with Crippen LogP contribution in [0.5, 0.6) is 0 Å². The molecule has 0 radical (unpaired) electrons. The largest absolute Gasteiger partial charge is 0.478 e. The van der Waals surface area contributed by atoms with Crippen LogP contribution in [-0.4, -0.2) is 22.0 Å². The Bertz CT molecular complexity index is 692. The van der Waals surface area contributed by atoms with Gasteiger partial charge in [0, 0.05) is 29.9 Å². The van der Waals surface area contributed by atoms with E-state index in [4.69, 9.17) is 5.11 Å². The fourth-order valence-corrected chi connectivity index (χ4v) is 2.49. The van der Waals surface area contributed by atoms with Crippen LogP contribution in [0.25, 0.3) is 6.08 Å². The maximum atomic E-state index is 12.0. The second-order valence-corrected chi connectivity index (χ2v) is 5.47. The van der Waals surface area contributed by atoms with Crippen molar-refractivity contribution >= 4 is 29.3 Å². The average molecular weight is 302 g/mol. The van der Waals surface area contributed by atoms with Gasteiger partial charge >= 0.3 is 5.97 Å². The third kappa shape index (κ3) is 4.25. The van der Waals surface area contributed by atoms with Crippen molar-refractivity contribution in [2.45, 2.75) is 13.5 Å². The van der Waals surface area contributed by atoms with Gasteiger partial charge in [0.15, 0.2) is 0 Å². The van der Waals surface area contributed by atoms with Gasteiger partial charge in [-0.05, 0) is 42.3 Å². The van der Waals surface area contributed by atoms with Crippen LogP contribution in [0.2, 0.25) is 0 Å². The molecule has 2 N–H and O–H groups in total. The van der Waals surface area contributed by atoms with Crippen molar-refractivity contribution in [2.24, 2.45) is 0 Å². The van der Waals surface area contributed by atoms with Gasteiger partial charge in [-0.2, -0.15) is 0 Å². The highest BCUT2D eigenvalue weighted by Gasteiger charge is 2.08. The van der Waals surface area contributed by atoms with Gasteiger partial charge in [0.2, 0.25) is 0 Å². The van der Waals surface area contributed by atoms with Crippen molar-refractivity contribution in [3.8, 4) is 0 Å². The highest BCUT2D eigenvalue weighted by molar-refractivity contribution is 7.14. The summed E-state index contributed by atoms with van der Waals surface area (Å²) in [7, 11) is 0. The summed E-state index contributed by atoms with van der Waals surface area (Å²) in [5.41, 5.74) is 2.04. The lowest BCUT2D eigenvalue weighted by atomic mass is 10.1. The molecule has 0 aliphatic heterocycles. The smallest absolute Gasteiger partial charge is 0.328 e. The maximum absolute atomic E-state index is 12.0. The van der Waals surface area contributed by atoms with Crippen LogP contribution in [0, 0.1) is 6.92 Å². The molecule has 0 aliphatic rings. The van der Waals surface area contributed by atoms with Crippen molar-refractivity contribution < 1.29 is 14.7 Å². The topological polar surface area (TPSA) is 79.3 Å². The fraction of sp³-hybridized carbons (Fsp3) is 0.133. The zero-order valence-electron chi connectivity index (χ0n) is 11.4. The Hall–Kier alpha value is -2.47. The molecule has 0 atom stereocenters. The Morgan fingerprint density at radius 3 is 2.90 bits per heavy atom. The summed E-state index contributed by atoms with van der Waals surface area (Å²) in [6, 6.07) is 5.29. The number of aromatic nitrogens is 1. The number of pyridine rings is 1. The van der Waals surface area contributed by atoms with E-state index in [1.807, 2.05) is 13.0 Å². The van der Waals surface area contributed by atoms with E-state index < -0.39 is 5.97 Å². The Balaban J connectivity index is 1.98. The molecule has 0 fully saturated rings. The molecule has 0 spiro atoms. The number of hydrogen-bond donors (Lipinski definition) is 2. The SMILES string of the molecule is Cc1ccncc1CNC(=O)c1ccc(/C=C/C(=O)O)s1. The number of carbonyl (C=O) groups is 2. The molecule has 6 heteroatoms. The van der Waals surface area contributed by atoms with Gasteiger partial charge in [-0.25, -0.2) is 4.79 Å². The molecule has 2 aromatic heterocycles. The van der Waals surface area contributed by atoms with Crippen molar-refractivity contribution in [3.63, 3.8) is 0 Å². The lowest BCUT2D eigenvalue weighted by Crippen LogP contribution is -2.22. The number of carboxylic acid groups (broad SMARTS) is 1. The number of carboxylic acids is 1. The van der Waals surface area contributed by atoms with Crippen molar-refractivity contribution in [2.75, 3.05) is 0 Å². The van der Waals surface area contributed by atoms with E-state index in [9.17, 15) is 9.59 Å². The third-order valence-electron chi connectivity index (χ3n) is 2.83. The van der Waals surface area contributed by atoms with Gasteiger partial charge in [0.25, 0.3) is 5.91 Å². The van der Waals surface area contributed by atoms with Crippen molar-refractivity contribution in [1.29, 1.82) is 0 Å². The molecule has 5 nitrogen and oxygen atoms in total. The van der Waals surface area contributed by atoms with Gasteiger partial charge < -0.3 is 10.4 Å². The fourth-order valence-electron chi connectivity index (χ4n) is 1.66. The van der Waals surface area contributed by atoms with E-state index in [-0.39, 0.29) is 5.91 Å². The number of thiophene rings is 1. The van der Waals surface area contributed by atoms with E-state index in [2.05, 4.69) is 10.3 Å². The van der Waals surface area contributed by atoms with Crippen LogP contribution in [0.4, 0.5) is 0 Å². The van der Waals surface area contributed by atoms with Crippen molar-refractivity contribution in [3.05, 3.63) is 57.6 Å². The highest BCUT2D eigenvalue weighted by Crippen LogP contribution is 2.18. The second-order valence-electron chi connectivity index (χ2n) is 4.36. The molecule has 108 valence electrons. The molecule has 21 heavy (non-hydrogen) atoms. The second kappa shape index (κ2) is 6.81. The van der Waals surface area contributed by atoms with Crippen LogP contribution in [0.3, 0.4) is 0 Å². The Morgan fingerprint density at radius 2 is 2.19 bits per heavy atom. The van der Waals surface area contributed by atoms with E-state index in [0.717, 1.165) is 22.1 Å². The first-order valence-corrected chi connectivity index (χ1v) is 7.06. The summed E-state index contributed by atoms with van der Waals surface area (Å²) in [6.45, 7) is 2.37. The van der Waals surface area contributed by atoms with Gasteiger partial charge in [-0.15, -0.1) is 11.3 Å². The molecule has 2 heterocycles. The third-order valence-corrected chi connectivity index (χ3v) is 3.88. The Morgan fingerprint density at radius 1 is 1.38 bits per heavy atom. The number of nitrogens with one attached hydrogen (secondary N) is 1. The minimum Gasteiger partial charge on any atom is -0.478 e. The normalized spacial score (nSPS) is 10.7. The average Bonchev–Trinajstić information content (AvgIpc) is 2.93. The van der Waals surface area contributed by atoms with E-state index >= 15 is 0 Å². The number of aliphatic carboxylic acids is 1. The number of amides is 1. The summed E-state index contributed by atoms with van der Waals surface area (Å²) in [5, 5.41) is 11.4. The lowest BCUT2D eigenvalue weighted by Gasteiger charge is -2.05. The first kappa shape index (κ1) is 14.9. The summed E-state index contributed by atoms with van der Waals surface area (Å²) < 4.78 is 0. The molecular weight excluding hydrogens is 288 g/mol. The number of hydrogen-bond acceptors (Lipinski definition) is 4. The Labute approximate surface area is 126 Å². The molecule has 0 bridgehead atoms. The van der Waals surface area contributed by atoms with E-state index in [1.54, 1.807) is 24.5 Å². The molecular formula is C15H14N2O3S. The lowest BCUT2D eigenvalue weighted by molar-refractivity contribution is -0.131. The molecule has 2 aromatic rings. The number of rotatable bonds is 5. The monoisotopic (exact) mass is 302 g/mol. The van der Waals surface area contributed by atoms with Gasteiger partial charge in [0.1, 0.15) is 0 Å². The summed E-state index contributed by atoms with van der Waals surface area (Å²) in [6.07, 6.45) is 5.95. The van der Waals surface area contributed by atoms with Crippen LogP contribution in [0.1, 0.15) is 25.7 Å². The van der Waals surface area contributed by atoms with Gasteiger partial charge in [-0.3, -0.25) is 9.78 Å². The number of carbonyl (C=O) groups excluding carboxylic acids is 1. The van der Waals surface area contributed by atoms with Gasteiger partial charge in [0.05, 0.1) is 4.88 Å². The maximum Gasteiger partial charge on any atom is 0.328 e. The van der Waals surface area contributed by atoms with Crippen LogP contribution in [0.15, 0.2) is 36.7 Å². The summed E-state index contributed by atoms with van der Waals surface area (Å²) in [5.74, 6) is -1.19. The van der Waals surface area contributed by atoms with Crippen LogP contribution >= 0.6 is 11.3 Å². The van der Waals surface area contributed by atoms with Crippen LogP contribution in [-0.2, 0) is 11.3 Å². The molecule has 0 saturated carbocycles. The predicted octanol–water partition coefficient (Wildman–Crippen LogP) is 2.48. The number of nitrogens with zero attached hydrogens (tertiary/aromatic N) is 1. The van der Waals surface area contributed by atoms with E-state index in [1.165, 1.54) is 17.4 Å². The minimum absolute atomic E-state index is 0.182. The van der Waals surface area contributed by atoms with Crippen molar-refractivity contribution in [1.82, 2.24) is 10.3 Å².